The SMILES string of the molecule is CCOC(=O)C1=C(C)N(c2cccc(C(F)(F)F)c2)C(=O)N(Cc2ccccc2)[C@@H]1c1ccc(C#N)cc1. The van der Waals surface area contributed by atoms with Crippen LogP contribution in [0.1, 0.15) is 42.1 Å². The van der Waals surface area contributed by atoms with Crippen molar-refractivity contribution in [1.82, 2.24) is 4.90 Å². The zero-order valence-corrected chi connectivity index (χ0v) is 20.7. The van der Waals surface area contributed by atoms with Crippen molar-refractivity contribution >= 4 is 17.7 Å². The van der Waals surface area contributed by atoms with Gasteiger partial charge in [-0.05, 0) is 55.3 Å². The van der Waals surface area contributed by atoms with E-state index >= 15 is 0 Å². The Hall–Kier alpha value is -4.58. The molecule has 1 heterocycles. The number of nitrogens with zero attached hydrogens (tertiary/aromatic N) is 3. The molecule has 3 aromatic rings. The first-order valence-electron chi connectivity index (χ1n) is 11.9. The molecule has 0 bridgehead atoms. The number of esters is 1. The Morgan fingerprint density at radius 1 is 1.03 bits per heavy atom. The third-order valence-electron chi connectivity index (χ3n) is 6.23. The standard InChI is InChI=1S/C29H24F3N3O3/c1-3-38-27(36)25-19(2)35(24-11-7-10-23(16-24)29(30,31)32)28(37)34(18-21-8-5-4-6-9-21)26(25)22-14-12-20(17-33)13-15-22/h4-16,26H,3,18H2,1-2H3/t26-/m1/s1. The second kappa shape index (κ2) is 10.8. The number of anilines is 1. The van der Waals surface area contributed by atoms with Gasteiger partial charge in [0.2, 0.25) is 0 Å². The number of ether oxygens (including phenoxy) is 1. The smallest absolute Gasteiger partial charge is 0.416 e. The van der Waals surface area contributed by atoms with E-state index in [1.807, 2.05) is 24.3 Å². The molecule has 2 amide bonds. The van der Waals surface area contributed by atoms with Crippen LogP contribution in [0.5, 0.6) is 0 Å². The summed E-state index contributed by atoms with van der Waals surface area (Å²) in [6, 6.07) is 20.5. The van der Waals surface area contributed by atoms with Gasteiger partial charge < -0.3 is 9.64 Å². The highest BCUT2D eigenvalue weighted by Crippen LogP contribution is 2.42. The molecule has 1 aliphatic heterocycles. The summed E-state index contributed by atoms with van der Waals surface area (Å²) >= 11 is 0. The fraction of sp³-hybridized carbons (Fsp3) is 0.207. The summed E-state index contributed by atoms with van der Waals surface area (Å²) in [5.74, 6) is -0.693. The van der Waals surface area contributed by atoms with Gasteiger partial charge in [-0.25, -0.2) is 9.59 Å². The van der Waals surface area contributed by atoms with Crippen LogP contribution in [0.2, 0.25) is 0 Å². The molecule has 194 valence electrons. The van der Waals surface area contributed by atoms with Crippen molar-refractivity contribution in [2.45, 2.75) is 32.6 Å². The molecular formula is C29H24F3N3O3. The van der Waals surface area contributed by atoms with Crippen LogP contribution in [-0.2, 0) is 22.3 Å². The van der Waals surface area contributed by atoms with Gasteiger partial charge in [0, 0.05) is 12.2 Å². The van der Waals surface area contributed by atoms with E-state index in [4.69, 9.17) is 4.74 Å². The highest BCUT2D eigenvalue weighted by Gasteiger charge is 2.43. The predicted octanol–water partition coefficient (Wildman–Crippen LogP) is 6.60. The molecule has 0 spiro atoms. The Balaban J connectivity index is 1.95. The number of hydrogen-bond donors (Lipinski definition) is 0. The number of carbonyl (C=O) groups excluding carboxylic acids is 2. The first-order chi connectivity index (χ1) is 18.2. The normalized spacial score (nSPS) is 15.9. The van der Waals surface area contributed by atoms with E-state index in [-0.39, 0.29) is 30.1 Å². The van der Waals surface area contributed by atoms with Crippen molar-refractivity contribution in [3.05, 3.63) is 112 Å². The Labute approximate surface area is 218 Å². The van der Waals surface area contributed by atoms with Gasteiger partial charge in [0.1, 0.15) is 0 Å². The first-order valence-corrected chi connectivity index (χ1v) is 11.9. The fourth-order valence-corrected chi connectivity index (χ4v) is 4.48. The van der Waals surface area contributed by atoms with Gasteiger partial charge in [-0.3, -0.25) is 4.90 Å². The summed E-state index contributed by atoms with van der Waals surface area (Å²) in [6.45, 7) is 3.29. The molecule has 0 saturated carbocycles. The number of allylic oxidation sites excluding steroid dienone is 1. The van der Waals surface area contributed by atoms with Crippen molar-refractivity contribution < 1.29 is 27.5 Å². The van der Waals surface area contributed by atoms with E-state index in [1.54, 1.807) is 43.3 Å². The Morgan fingerprint density at radius 2 is 1.71 bits per heavy atom. The van der Waals surface area contributed by atoms with E-state index in [2.05, 4.69) is 0 Å². The van der Waals surface area contributed by atoms with Crippen molar-refractivity contribution in [2.75, 3.05) is 11.5 Å². The van der Waals surface area contributed by atoms with E-state index in [9.17, 15) is 28.0 Å². The summed E-state index contributed by atoms with van der Waals surface area (Å²) < 4.78 is 45.9. The van der Waals surface area contributed by atoms with E-state index in [0.717, 1.165) is 22.6 Å². The van der Waals surface area contributed by atoms with Crippen LogP contribution < -0.4 is 4.90 Å². The third-order valence-corrected chi connectivity index (χ3v) is 6.23. The lowest BCUT2D eigenvalue weighted by Crippen LogP contribution is -2.50. The topological polar surface area (TPSA) is 73.6 Å². The second-order valence-electron chi connectivity index (χ2n) is 8.64. The molecule has 0 fully saturated rings. The maximum Gasteiger partial charge on any atom is 0.416 e. The van der Waals surface area contributed by atoms with Crippen LogP contribution in [-0.4, -0.2) is 23.5 Å². The average Bonchev–Trinajstić information content (AvgIpc) is 2.90. The summed E-state index contributed by atoms with van der Waals surface area (Å²) in [7, 11) is 0. The minimum Gasteiger partial charge on any atom is -0.463 e. The number of hydrogen-bond acceptors (Lipinski definition) is 4. The monoisotopic (exact) mass is 519 g/mol. The molecule has 1 atom stereocenters. The van der Waals surface area contributed by atoms with Crippen LogP contribution in [0.4, 0.5) is 23.7 Å². The lowest BCUT2D eigenvalue weighted by atomic mass is 9.91. The molecule has 0 aliphatic carbocycles. The van der Waals surface area contributed by atoms with E-state index < -0.39 is 29.8 Å². The van der Waals surface area contributed by atoms with Crippen LogP contribution in [0.15, 0.2) is 90.1 Å². The lowest BCUT2D eigenvalue weighted by molar-refractivity contribution is -0.139. The largest absolute Gasteiger partial charge is 0.463 e. The third kappa shape index (κ3) is 5.25. The molecule has 38 heavy (non-hydrogen) atoms. The molecule has 0 aromatic heterocycles. The molecule has 9 heteroatoms. The zero-order chi connectivity index (χ0) is 27.4. The van der Waals surface area contributed by atoms with Crippen molar-refractivity contribution in [2.24, 2.45) is 0 Å². The Bertz CT molecular complexity index is 1410. The number of amides is 2. The van der Waals surface area contributed by atoms with Crippen LogP contribution in [0.25, 0.3) is 0 Å². The summed E-state index contributed by atoms with van der Waals surface area (Å²) in [5, 5.41) is 9.24. The number of urea groups is 1. The quantitative estimate of drug-likeness (QED) is 0.344. The molecule has 4 rings (SSSR count). The van der Waals surface area contributed by atoms with Crippen molar-refractivity contribution in [3.63, 3.8) is 0 Å². The number of alkyl halides is 3. The summed E-state index contributed by atoms with van der Waals surface area (Å²) in [6.07, 6.45) is -4.62. The number of rotatable bonds is 6. The average molecular weight is 520 g/mol. The molecule has 0 N–H and O–H groups in total. The van der Waals surface area contributed by atoms with Gasteiger partial charge in [-0.2, -0.15) is 18.4 Å². The lowest BCUT2D eigenvalue weighted by Gasteiger charge is -2.43. The predicted molar refractivity (Wildman–Crippen MR) is 135 cm³/mol. The van der Waals surface area contributed by atoms with Crippen molar-refractivity contribution in [1.29, 1.82) is 5.26 Å². The maximum atomic E-state index is 14.1. The molecular weight excluding hydrogens is 495 g/mol. The van der Waals surface area contributed by atoms with Crippen LogP contribution in [0.3, 0.4) is 0 Å². The molecule has 3 aromatic carbocycles. The van der Waals surface area contributed by atoms with Gasteiger partial charge in [0.25, 0.3) is 0 Å². The van der Waals surface area contributed by atoms with E-state index in [0.29, 0.717) is 11.1 Å². The van der Waals surface area contributed by atoms with Crippen LogP contribution >= 0.6 is 0 Å². The van der Waals surface area contributed by atoms with Crippen molar-refractivity contribution in [3.8, 4) is 6.07 Å². The number of halogens is 3. The Morgan fingerprint density at radius 3 is 2.32 bits per heavy atom. The highest BCUT2D eigenvalue weighted by molar-refractivity contribution is 6.03. The van der Waals surface area contributed by atoms with Gasteiger partial charge in [-0.1, -0.05) is 48.5 Å². The summed E-state index contributed by atoms with van der Waals surface area (Å²) in [5.41, 5.74) is 1.04. The number of benzene rings is 3. The molecule has 6 nitrogen and oxygen atoms in total. The number of nitriles is 1. The highest BCUT2D eigenvalue weighted by atomic mass is 19.4. The van der Waals surface area contributed by atoms with Gasteiger partial charge in [0.15, 0.2) is 0 Å². The maximum absolute atomic E-state index is 14.1. The van der Waals surface area contributed by atoms with Gasteiger partial charge in [-0.15, -0.1) is 0 Å². The zero-order valence-electron chi connectivity index (χ0n) is 20.7. The molecule has 1 aliphatic rings. The first kappa shape index (κ1) is 26.5. The van der Waals surface area contributed by atoms with Gasteiger partial charge in [0.05, 0.1) is 41.1 Å². The van der Waals surface area contributed by atoms with E-state index in [1.165, 1.54) is 24.0 Å². The second-order valence-corrected chi connectivity index (χ2v) is 8.64. The molecule has 0 radical (unpaired) electrons. The fourth-order valence-electron chi connectivity index (χ4n) is 4.48. The minimum atomic E-state index is -4.62. The number of carbonyl (C=O) groups is 2. The van der Waals surface area contributed by atoms with Crippen LogP contribution in [0, 0.1) is 11.3 Å². The molecule has 0 saturated heterocycles. The Kier molecular flexibility index (Phi) is 7.53. The van der Waals surface area contributed by atoms with Gasteiger partial charge >= 0.3 is 18.2 Å². The minimum absolute atomic E-state index is 0.0273. The summed E-state index contributed by atoms with van der Waals surface area (Å²) in [4.78, 5) is 30.0. The molecule has 0 unspecified atom stereocenters.